The van der Waals surface area contributed by atoms with Crippen LogP contribution >= 0.6 is 0 Å². The van der Waals surface area contributed by atoms with Crippen LogP contribution in [0.4, 0.5) is 4.79 Å². The van der Waals surface area contributed by atoms with Crippen molar-refractivity contribution in [1.29, 1.82) is 0 Å². The Balaban J connectivity index is 1.81. The van der Waals surface area contributed by atoms with Crippen molar-refractivity contribution in [3.05, 3.63) is 23.9 Å². The highest BCUT2D eigenvalue weighted by molar-refractivity contribution is 7.89. The van der Waals surface area contributed by atoms with Gasteiger partial charge >= 0.3 is 6.09 Å². The second kappa shape index (κ2) is 7.04. The summed E-state index contributed by atoms with van der Waals surface area (Å²) >= 11 is 0. The van der Waals surface area contributed by atoms with Gasteiger partial charge in [-0.3, -0.25) is 0 Å². The molecule has 2 heterocycles. The molecular weight excluding hydrogens is 332 g/mol. The molecular formula is C15H24N4O4S. The predicted octanol–water partition coefficient (Wildman–Crippen LogP) is 0.987. The molecule has 1 atom stereocenters. The number of rotatable bonds is 6. The lowest BCUT2D eigenvalue weighted by molar-refractivity contribution is 0.117. The molecule has 0 aromatic carbocycles. The summed E-state index contributed by atoms with van der Waals surface area (Å²) in [5.74, 6) is 0.312. The third-order valence-corrected chi connectivity index (χ3v) is 5.11. The van der Waals surface area contributed by atoms with Crippen LogP contribution in [0, 0.1) is 5.92 Å². The van der Waals surface area contributed by atoms with Crippen molar-refractivity contribution >= 4 is 16.1 Å². The minimum atomic E-state index is -3.80. The molecule has 1 amide bonds. The predicted molar refractivity (Wildman–Crippen MR) is 88.9 cm³/mol. The van der Waals surface area contributed by atoms with Gasteiger partial charge in [0.15, 0.2) is 5.03 Å². The van der Waals surface area contributed by atoms with E-state index < -0.39 is 16.1 Å². The number of likely N-dealkylation sites (tertiary alicyclic amines) is 1. The molecule has 1 aliphatic heterocycles. The number of carbonyl (C=O) groups is 1. The molecule has 1 aliphatic rings. The van der Waals surface area contributed by atoms with Gasteiger partial charge in [-0.1, -0.05) is 6.07 Å². The van der Waals surface area contributed by atoms with E-state index in [1.54, 1.807) is 12.1 Å². The van der Waals surface area contributed by atoms with E-state index in [0.29, 0.717) is 31.2 Å². The van der Waals surface area contributed by atoms with Crippen LogP contribution in [0.5, 0.6) is 0 Å². The first-order valence-electron chi connectivity index (χ1n) is 7.79. The van der Waals surface area contributed by atoms with Crippen LogP contribution in [0.25, 0.3) is 0 Å². The maximum atomic E-state index is 11.3. The van der Waals surface area contributed by atoms with Crippen molar-refractivity contribution in [3.8, 4) is 0 Å². The van der Waals surface area contributed by atoms with Crippen LogP contribution in [-0.4, -0.2) is 48.1 Å². The number of primary sulfonamides is 1. The van der Waals surface area contributed by atoms with Crippen LogP contribution < -0.4 is 10.5 Å². The Kier molecular flexibility index (Phi) is 5.46. The van der Waals surface area contributed by atoms with E-state index in [0.717, 1.165) is 12.8 Å². The number of aromatic nitrogens is 1. The average molecular weight is 356 g/mol. The van der Waals surface area contributed by atoms with E-state index in [9.17, 15) is 18.3 Å². The number of amides is 1. The molecule has 0 unspecified atom stereocenters. The molecule has 0 saturated carbocycles. The molecule has 1 fully saturated rings. The first-order chi connectivity index (χ1) is 11.1. The number of hydrogen-bond acceptors (Lipinski definition) is 5. The van der Waals surface area contributed by atoms with Gasteiger partial charge in [0, 0.05) is 18.6 Å². The normalized spacial score (nSPS) is 20.3. The fourth-order valence-electron chi connectivity index (χ4n) is 3.15. The maximum absolute atomic E-state index is 11.3. The summed E-state index contributed by atoms with van der Waals surface area (Å²) in [4.78, 5) is 16.7. The molecule has 0 aliphatic carbocycles. The lowest BCUT2D eigenvalue weighted by atomic mass is 9.94. The molecule has 1 aromatic heterocycles. The maximum Gasteiger partial charge on any atom is 0.407 e. The minimum absolute atomic E-state index is 0.142. The number of sulfonamides is 1. The fraction of sp³-hybridized carbons (Fsp3) is 0.600. The Morgan fingerprint density at radius 3 is 2.79 bits per heavy atom. The molecule has 1 saturated heterocycles. The highest BCUT2D eigenvalue weighted by atomic mass is 32.2. The van der Waals surface area contributed by atoms with Gasteiger partial charge in [-0.2, -0.15) is 0 Å². The molecule has 0 radical (unpaired) electrons. The topological polar surface area (TPSA) is 126 Å². The summed E-state index contributed by atoms with van der Waals surface area (Å²) in [5.41, 5.74) is 0.266. The van der Waals surface area contributed by atoms with Crippen LogP contribution in [0.2, 0.25) is 0 Å². The van der Waals surface area contributed by atoms with Crippen molar-refractivity contribution in [2.24, 2.45) is 11.1 Å². The minimum Gasteiger partial charge on any atom is -0.465 e. The lowest BCUT2D eigenvalue weighted by Gasteiger charge is -2.28. The zero-order chi connectivity index (χ0) is 18.0. The van der Waals surface area contributed by atoms with Crippen molar-refractivity contribution < 1.29 is 18.3 Å². The molecule has 9 heteroatoms. The lowest BCUT2D eigenvalue weighted by Crippen LogP contribution is -2.41. The number of nitrogens with two attached hydrogens (primary N) is 1. The highest BCUT2D eigenvalue weighted by Gasteiger charge is 2.40. The van der Waals surface area contributed by atoms with Gasteiger partial charge < -0.3 is 15.3 Å². The van der Waals surface area contributed by atoms with E-state index in [1.165, 1.54) is 11.0 Å². The molecule has 134 valence electrons. The molecule has 0 spiro atoms. The average Bonchev–Trinajstić information content (AvgIpc) is 2.78. The summed E-state index contributed by atoms with van der Waals surface area (Å²) in [5, 5.41) is 17.4. The molecule has 2 rings (SSSR count). The SMILES string of the molecule is CC1(C)C[C@H](CCNCc2cccc(S(N)(=O)=O)n2)CN1C(=O)O. The summed E-state index contributed by atoms with van der Waals surface area (Å²) in [7, 11) is -3.80. The number of pyridine rings is 1. The number of nitrogens with zero attached hydrogens (tertiary/aromatic N) is 2. The molecule has 1 aromatic rings. The monoisotopic (exact) mass is 356 g/mol. The van der Waals surface area contributed by atoms with Crippen molar-refractivity contribution in [1.82, 2.24) is 15.2 Å². The molecule has 8 nitrogen and oxygen atoms in total. The number of hydrogen-bond donors (Lipinski definition) is 3. The van der Waals surface area contributed by atoms with Gasteiger partial charge in [0.2, 0.25) is 0 Å². The van der Waals surface area contributed by atoms with Gasteiger partial charge in [-0.05, 0) is 51.3 Å². The highest BCUT2D eigenvalue weighted by Crippen LogP contribution is 2.34. The number of nitrogens with one attached hydrogen (secondary N) is 1. The van der Waals surface area contributed by atoms with Crippen molar-refractivity contribution in [2.45, 2.75) is 43.8 Å². The van der Waals surface area contributed by atoms with Gasteiger partial charge in [0.1, 0.15) is 0 Å². The van der Waals surface area contributed by atoms with Gasteiger partial charge in [0.25, 0.3) is 10.0 Å². The van der Waals surface area contributed by atoms with Gasteiger partial charge in [-0.25, -0.2) is 23.3 Å². The Morgan fingerprint density at radius 2 is 2.21 bits per heavy atom. The smallest absolute Gasteiger partial charge is 0.407 e. The largest absolute Gasteiger partial charge is 0.465 e. The fourth-order valence-corrected chi connectivity index (χ4v) is 3.67. The van der Waals surface area contributed by atoms with E-state index in [2.05, 4.69) is 10.3 Å². The van der Waals surface area contributed by atoms with E-state index in [1.807, 2.05) is 13.8 Å². The Hall–Kier alpha value is -1.71. The van der Waals surface area contributed by atoms with Crippen molar-refractivity contribution in [2.75, 3.05) is 13.1 Å². The molecule has 4 N–H and O–H groups in total. The third-order valence-electron chi connectivity index (χ3n) is 4.30. The van der Waals surface area contributed by atoms with E-state index >= 15 is 0 Å². The first kappa shape index (κ1) is 18.6. The quantitative estimate of drug-likeness (QED) is 0.653. The van der Waals surface area contributed by atoms with E-state index in [4.69, 9.17) is 5.14 Å². The first-order valence-corrected chi connectivity index (χ1v) is 9.34. The summed E-state index contributed by atoms with van der Waals surface area (Å²) in [6.07, 6.45) is 0.807. The summed E-state index contributed by atoms with van der Waals surface area (Å²) in [6.45, 7) is 5.56. The second-order valence-corrected chi connectivity index (χ2v) is 8.26. The number of carboxylic acid groups (broad SMARTS) is 1. The zero-order valence-corrected chi connectivity index (χ0v) is 14.7. The van der Waals surface area contributed by atoms with Gasteiger partial charge in [-0.15, -0.1) is 0 Å². The zero-order valence-electron chi connectivity index (χ0n) is 13.9. The second-order valence-electron chi connectivity index (χ2n) is 6.75. The Bertz CT molecular complexity index is 705. The Labute approximate surface area is 142 Å². The standard InChI is InChI=1S/C15H24N4O4S/c1-15(2)8-11(10-19(15)14(20)21)6-7-17-9-12-4-3-5-13(18-12)24(16,22)23/h3-5,11,17H,6-10H2,1-2H3,(H,20,21)(H2,16,22,23)/t11-/m0/s1. The van der Waals surface area contributed by atoms with Crippen LogP contribution in [0.15, 0.2) is 23.2 Å². The van der Waals surface area contributed by atoms with Crippen LogP contribution in [0.1, 0.15) is 32.4 Å². The molecule has 0 bridgehead atoms. The summed E-state index contributed by atoms with van der Waals surface area (Å²) < 4.78 is 22.6. The Morgan fingerprint density at radius 1 is 1.50 bits per heavy atom. The summed E-state index contributed by atoms with van der Waals surface area (Å²) in [6, 6.07) is 4.69. The van der Waals surface area contributed by atoms with E-state index in [-0.39, 0.29) is 10.6 Å². The van der Waals surface area contributed by atoms with Gasteiger partial charge in [0.05, 0.1) is 5.69 Å². The van der Waals surface area contributed by atoms with Crippen molar-refractivity contribution in [3.63, 3.8) is 0 Å². The van der Waals surface area contributed by atoms with Crippen LogP contribution in [-0.2, 0) is 16.6 Å². The molecule has 24 heavy (non-hydrogen) atoms. The third kappa shape index (κ3) is 4.65. The van der Waals surface area contributed by atoms with Crippen LogP contribution in [0.3, 0.4) is 0 Å².